The van der Waals surface area contributed by atoms with E-state index in [-0.39, 0.29) is 11.4 Å². The Kier molecular flexibility index (Phi) is 2.56. The molecule has 1 aromatic carbocycles. The maximum absolute atomic E-state index is 12.3. The van der Waals surface area contributed by atoms with Crippen molar-refractivity contribution in [2.24, 2.45) is 0 Å². The van der Waals surface area contributed by atoms with Crippen molar-refractivity contribution in [3.05, 3.63) is 40.4 Å². The first kappa shape index (κ1) is 11.2. The van der Waals surface area contributed by atoms with Crippen LogP contribution < -0.4 is 5.56 Å². The van der Waals surface area contributed by atoms with Crippen molar-refractivity contribution >= 4 is 28.3 Å². The minimum absolute atomic E-state index is 0.0471. The van der Waals surface area contributed by atoms with Crippen molar-refractivity contribution in [1.29, 1.82) is 0 Å². The highest BCUT2D eigenvalue weighted by Gasteiger charge is 2.14. The zero-order chi connectivity index (χ0) is 12.7. The van der Waals surface area contributed by atoms with Crippen molar-refractivity contribution < 1.29 is 0 Å². The number of hydrogen-bond donors (Lipinski definition) is 0. The second-order valence-corrected chi connectivity index (χ2v) is 4.22. The fourth-order valence-electron chi connectivity index (χ4n) is 2.19. The number of aryl methyl sites for hydroxylation is 1. The molecule has 0 saturated carbocycles. The van der Waals surface area contributed by atoms with Gasteiger partial charge in [-0.3, -0.25) is 13.8 Å². The number of nitrogens with zero attached hydrogens (tertiary/aromatic N) is 4. The van der Waals surface area contributed by atoms with Crippen LogP contribution in [0.1, 0.15) is 12.7 Å². The molecule has 3 rings (SSSR count). The standard InChI is InChI=1S/C12H11ClN4O/c1-2-16-11(18)8-5-3-4-6-9(8)17-10(7-13)14-15-12(16)17/h3-6H,2,7H2,1H3. The molecule has 0 atom stereocenters. The van der Waals surface area contributed by atoms with Crippen molar-refractivity contribution in [2.45, 2.75) is 19.3 Å². The molecule has 0 bridgehead atoms. The summed E-state index contributed by atoms with van der Waals surface area (Å²) in [6, 6.07) is 7.42. The molecule has 5 nitrogen and oxygen atoms in total. The lowest BCUT2D eigenvalue weighted by atomic mass is 10.2. The van der Waals surface area contributed by atoms with Gasteiger partial charge in [-0.15, -0.1) is 21.8 Å². The summed E-state index contributed by atoms with van der Waals surface area (Å²) in [6.45, 7) is 2.46. The molecule has 3 aromatic rings. The van der Waals surface area contributed by atoms with E-state index in [2.05, 4.69) is 10.2 Å². The summed E-state index contributed by atoms with van der Waals surface area (Å²) >= 11 is 5.87. The van der Waals surface area contributed by atoms with Crippen molar-refractivity contribution in [2.75, 3.05) is 0 Å². The van der Waals surface area contributed by atoms with Crippen LogP contribution in [-0.2, 0) is 12.4 Å². The largest absolute Gasteiger partial charge is 0.277 e. The van der Waals surface area contributed by atoms with Gasteiger partial charge in [-0.1, -0.05) is 12.1 Å². The van der Waals surface area contributed by atoms with Crippen LogP contribution in [0.3, 0.4) is 0 Å². The maximum atomic E-state index is 12.3. The third kappa shape index (κ3) is 1.37. The Morgan fingerprint density at radius 2 is 2.06 bits per heavy atom. The van der Waals surface area contributed by atoms with Gasteiger partial charge < -0.3 is 0 Å². The number of halogens is 1. The molecule has 0 spiro atoms. The summed E-state index contributed by atoms with van der Waals surface area (Å²) in [5, 5.41) is 8.75. The first-order valence-corrected chi connectivity index (χ1v) is 6.23. The second-order valence-electron chi connectivity index (χ2n) is 3.95. The van der Waals surface area contributed by atoms with E-state index >= 15 is 0 Å². The van der Waals surface area contributed by atoms with E-state index in [1.807, 2.05) is 29.5 Å². The quantitative estimate of drug-likeness (QED) is 0.662. The second kappa shape index (κ2) is 4.10. The number of fused-ring (bicyclic) bond motifs is 3. The Hall–Kier alpha value is -1.88. The zero-order valence-corrected chi connectivity index (χ0v) is 10.6. The van der Waals surface area contributed by atoms with E-state index in [1.165, 1.54) is 0 Å². The highest BCUT2D eigenvalue weighted by atomic mass is 35.5. The van der Waals surface area contributed by atoms with Crippen LogP contribution in [0.15, 0.2) is 29.1 Å². The molecule has 0 aliphatic carbocycles. The van der Waals surface area contributed by atoms with E-state index in [1.54, 1.807) is 10.6 Å². The summed E-state index contributed by atoms with van der Waals surface area (Å²) in [5.74, 6) is 1.44. The normalized spacial score (nSPS) is 11.4. The van der Waals surface area contributed by atoms with Gasteiger partial charge in [0.1, 0.15) is 0 Å². The zero-order valence-electron chi connectivity index (χ0n) is 9.80. The molecule has 18 heavy (non-hydrogen) atoms. The van der Waals surface area contributed by atoms with Crippen molar-refractivity contribution in [1.82, 2.24) is 19.2 Å². The molecular formula is C12H11ClN4O. The Morgan fingerprint density at radius 3 is 2.78 bits per heavy atom. The molecule has 6 heteroatoms. The third-order valence-corrected chi connectivity index (χ3v) is 3.25. The summed E-state index contributed by atoms with van der Waals surface area (Å²) in [5.41, 5.74) is 0.747. The highest BCUT2D eigenvalue weighted by Crippen LogP contribution is 2.15. The van der Waals surface area contributed by atoms with Crippen molar-refractivity contribution in [3.8, 4) is 0 Å². The van der Waals surface area contributed by atoms with Gasteiger partial charge in [-0.05, 0) is 19.1 Å². The number of para-hydroxylation sites is 1. The van der Waals surface area contributed by atoms with Crippen LogP contribution in [0.2, 0.25) is 0 Å². The molecule has 2 heterocycles. The number of aromatic nitrogens is 4. The summed E-state index contributed by atoms with van der Waals surface area (Å²) < 4.78 is 3.44. The molecule has 0 unspecified atom stereocenters. The van der Waals surface area contributed by atoms with Crippen LogP contribution in [0.5, 0.6) is 0 Å². The molecule has 2 aromatic heterocycles. The van der Waals surface area contributed by atoms with E-state index in [0.717, 1.165) is 5.52 Å². The minimum atomic E-state index is -0.0471. The van der Waals surface area contributed by atoms with Crippen LogP contribution >= 0.6 is 11.6 Å². The Morgan fingerprint density at radius 1 is 1.28 bits per heavy atom. The topological polar surface area (TPSA) is 52.2 Å². The molecule has 0 radical (unpaired) electrons. The summed E-state index contributed by atoms with van der Waals surface area (Å²) in [7, 11) is 0. The third-order valence-electron chi connectivity index (χ3n) is 3.01. The molecule has 0 amide bonds. The lowest BCUT2D eigenvalue weighted by molar-refractivity contribution is 0.735. The molecule has 92 valence electrons. The van der Waals surface area contributed by atoms with Crippen LogP contribution in [0.4, 0.5) is 0 Å². The first-order valence-electron chi connectivity index (χ1n) is 5.69. The molecule has 0 saturated heterocycles. The molecule has 0 aliphatic heterocycles. The van der Waals surface area contributed by atoms with E-state index in [9.17, 15) is 4.79 Å². The van der Waals surface area contributed by atoms with E-state index in [0.29, 0.717) is 23.5 Å². The van der Waals surface area contributed by atoms with Crippen molar-refractivity contribution in [3.63, 3.8) is 0 Å². The lowest BCUT2D eigenvalue weighted by Gasteiger charge is -2.08. The number of rotatable bonds is 2. The molecule has 0 fully saturated rings. The first-order chi connectivity index (χ1) is 8.77. The average Bonchev–Trinajstić information content (AvgIpc) is 2.83. The highest BCUT2D eigenvalue weighted by molar-refractivity contribution is 6.16. The Labute approximate surface area is 108 Å². The Bertz CT molecular complexity index is 790. The predicted molar refractivity (Wildman–Crippen MR) is 70.0 cm³/mol. The summed E-state index contributed by atoms with van der Waals surface area (Å²) in [4.78, 5) is 12.3. The lowest BCUT2D eigenvalue weighted by Crippen LogP contribution is -2.22. The van der Waals surface area contributed by atoms with Gasteiger partial charge in [-0.2, -0.15) is 0 Å². The number of benzene rings is 1. The summed E-state index contributed by atoms with van der Waals surface area (Å²) in [6.07, 6.45) is 0. The number of hydrogen-bond acceptors (Lipinski definition) is 3. The fraction of sp³-hybridized carbons (Fsp3) is 0.250. The van der Waals surface area contributed by atoms with Gasteiger partial charge in [0, 0.05) is 6.54 Å². The van der Waals surface area contributed by atoms with E-state index < -0.39 is 0 Å². The molecular weight excluding hydrogens is 252 g/mol. The monoisotopic (exact) mass is 262 g/mol. The number of alkyl halides is 1. The average molecular weight is 263 g/mol. The molecule has 0 N–H and O–H groups in total. The SMILES string of the molecule is CCn1c(=O)c2ccccc2n2c(CCl)nnc12. The van der Waals surface area contributed by atoms with Gasteiger partial charge in [0.15, 0.2) is 5.82 Å². The van der Waals surface area contributed by atoms with Gasteiger partial charge in [0.25, 0.3) is 5.56 Å². The minimum Gasteiger partial charge on any atom is -0.277 e. The van der Waals surface area contributed by atoms with Crippen LogP contribution in [-0.4, -0.2) is 19.2 Å². The fourth-order valence-corrected chi connectivity index (χ4v) is 2.36. The predicted octanol–water partition coefficient (Wildman–Crippen LogP) is 1.80. The van der Waals surface area contributed by atoms with E-state index in [4.69, 9.17) is 11.6 Å². The Balaban J connectivity index is 2.65. The van der Waals surface area contributed by atoms with Crippen LogP contribution in [0.25, 0.3) is 16.7 Å². The molecule has 0 aliphatic rings. The van der Waals surface area contributed by atoms with Gasteiger partial charge in [0.2, 0.25) is 5.78 Å². The van der Waals surface area contributed by atoms with Gasteiger partial charge >= 0.3 is 0 Å². The smallest absolute Gasteiger partial charge is 0.262 e. The maximum Gasteiger partial charge on any atom is 0.262 e. The van der Waals surface area contributed by atoms with Crippen LogP contribution in [0, 0.1) is 0 Å². The van der Waals surface area contributed by atoms with Gasteiger partial charge in [-0.25, -0.2) is 0 Å². The van der Waals surface area contributed by atoms with Gasteiger partial charge in [0.05, 0.1) is 16.8 Å².